The minimum absolute atomic E-state index is 0.000560. The van der Waals surface area contributed by atoms with E-state index in [2.05, 4.69) is 16.2 Å². The van der Waals surface area contributed by atoms with Gasteiger partial charge < -0.3 is 14.8 Å². The van der Waals surface area contributed by atoms with Gasteiger partial charge in [-0.15, -0.1) is 0 Å². The predicted octanol–water partition coefficient (Wildman–Crippen LogP) is 3.57. The van der Waals surface area contributed by atoms with Crippen LogP contribution < -0.4 is 25.6 Å². The maximum Gasteiger partial charge on any atom is 0.269 e. The van der Waals surface area contributed by atoms with E-state index in [9.17, 15) is 14.4 Å². The van der Waals surface area contributed by atoms with E-state index in [4.69, 9.17) is 9.47 Å². The average Bonchev–Trinajstić information content (AvgIpc) is 3.72. The van der Waals surface area contributed by atoms with Crippen LogP contribution in [0.1, 0.15) is 33.6 Å². The molecule has 8 heteroatoms. The molecule has 0 aromatic heterocycles. The van der Waals surface area contributed by atoms with Crippen LogP contribution in [0.2, 0.25) is 0 Å². The number of carbonyl (C=O) groups is 3. The zero-order valence-corrected chi connectivity index (χ0v) is 18.5. The Labute approximate surface area is 197 Å². The first-order valence-electron chi connectivity index (χ1n) is 11.0. The predicted molar refractivity (Wildman–Crippen MR) is 127 cm³/mol. The molecule has 1 fully saturated rings. The maximum absolute atomic E-state index is 12.4. The van der Waals surface area contributed by atoms with Gasteiger partial charge in [-0.2, -0.15) is 0 Å². The second-order valence-corrected chi connectivity index (χ2v) is 7.79. The van der Waals surface area contributed by atoms with Gasteiger partial charge in [0.15, 0.2) is 0 Å². The summed E-state index contributed by atoms with van der Waals surface area (Å²) in [5.41, 5.74) is 6.09. The molecule has 0 heterocycles. The van der Waals surface area contributed by atoms with Gasteiger partial charge in [0.05, 0.1) is 0 Å². The number of amides is 3. The van der Waals surface area contributed by atoms with Crippen molar-refractivity contribution < 1.29 is 23.9 Å². The number of hydrogen-bond acceptors (Lipinski definition) is 5. The Morgan fingerprint density at radius 2 is 1.32 bits per heavy atom. The summed E-state index contributed by atoms with van der Waals surface area (Å²) in [5, 5.41) is 2.81. The van der Waals surface area contributed by atoms with Gasteiger partial charge in [-0.25, -0.2) is 0 Å². The average molecular weight is 460 g/mol. The normalized spacial score (nSPS) is 12.4. The van der Waals surface area contributed by atoms with Crippen molar-refractivity contribution in [1.82, 2.24) is 10.9 Å². The molecule has 1 aliphatic rings. The van der Waals surface area contributed by atoms with E-state index in [1.807, 2.05) is 30.3 Å². The zero-order valence-electron chi connectivity index (χ0n) is 18.5. The van der Waals surface area contributed by atoms with Crippen LogP contribution in [0.3, 0.4) is 0 Å². The molecule has 34 heavy (non-hydrogen) atoms. The number of nitrogens with one attached hydrogen (secondary N) is 3. The standard InChI is InChI=1S/C26H25N3O5/c30-24(18-9-10-18)27-21-13-11-19(12-14-21)25(31)28-29-26(32)20-5-4-8-23(17-20)34-16-15-33-22-6-2-1-3-7-22/h1-8,11-14,17-18H,9-10,15-16H2,(H,27,30)(H,28,31)(H,29,32). The van der Waals surface area contributed by atoms with E-state index in [0.29, 0.717) is 35.8 Å². The van der Waals surface area contributed by atoms with Gasteiger partial charge in [-0.05, 0) is 67.4 Å². The minimum Gasteiger partial charge on any atom is -0.490 e. The number of rotatable bonds is 9. The first-order chi connectivity index (χ1) is 16.6. The number of hydrogen-bond donors (Lipinski definition) is 3. The molecule has 0 saturated heterocycles. The van der Waals surface area contributed by atoms with E-state index in [-0.39, 0.29) is 11.8 Å². The molecular weight excluding hydrogens is 434 g/mol. The van der Waals surface area contributed by atoms with E-state index in [1.165, 1.54) is 0 Å². The smallest absolute Gasteiger partial charge is 0.269 e. The van der Waals surface area contributed by atoms with Crippen LogP contribution >= 0.6 is 0 Å². The van der Waals surface area contributed by atoms with Crippen LogP contribution in [0.5, 0.6) is 11.5 Å². The molecule has 1 aliphatic carbocycles. The Morgan fingerprint density at radius 1 is 0.706 bits per heavy atom. The zero-order chi connectivity index (χ0) is 23.8. The van der Waals surface area contributed by atoms with Gasteiger partial charge >= 0.3 is 0 Å². The molecule has 0 bridgehead atoms. The Kier molecular flexibility index (Phi) is 7.39. The quantitative estimate of drug-likeness (QED) is 0.335. The van der Waals surface area contributed by atoms with E-state index < -0.39 is 11.8 Å². The summed E-state index contributed by atoms with van der Waals surface area (Å²) in [6, 6.07) is 22.5. The number of para-hydroxylation sites is 1. The molecule has 1 saturated carbocycles. The summed E-state index contributed by atoms with van der Waals surface area (Å²) in [4.78, 5) is 36.6. The van der Waals surface area contributed by atoms with Crippen molar-refractivity contribution in [3.8, 4) is 11.5 Å². The van der Waals surface area contributed by atoms with Crippen molar-refractivity contribution >= 4 is 23.4 Å². The Hall–Kier alpha value is -4.33. The highest BCUT2D eigenvalue weighted by molar-refractivity contribution is 6.00. The molecular formula is C26H25N3O5. The van der Waals surface area contributed by atoms with Crippen LogP contribution in [-0.4, -0.2) is 30.9 Å². The molecule has 0 aliphatic heterocycles. The summed E-state index contributed by atoms with van der Waals surface area (Å²) in [6.45, 7) is 0.674. The second kappa shape index (κ2) is 11.0. The SMILES string of the molecule is O=C(NNC(=O)c1cccc(OCCOc2ccccc2)c1)c1ccc(NC(=O)C2CC2)cc1. The van der Waals surface area contributed by atoms with Crippen LogP contribution in [0.15, 0.2) is 78.9 Å². The minimum atomic E-state index is -0.479. The van der Waals surface area contributed by atoms with Crippen LogP contribution in [-0.2, 0) is 4.79 Å². The van der Waals surface area contributed by atoms with E-state index in [0.717, 1.165) is 18.6 Å². The fourth-order valence-electron chi connectivity index (χ4n) is 3.12. The van der Waals surface area contributed by atoms with Crippen LogP contribution in [0.25, 0.3) is 0 Å². The molecule has 0 atom stereocenters. The highest BCUT2D eigenvalue weighted by Crippen LogP contribution is 2.30. The first kappa shape index (κ1) is 22.8. The molecule has 174 valence electrons. The van der Waals surface area contributed by atoms with Crippen LogP contribution in [0, 0.1) is 5.92 Å². The third-order valence-corrected chi connectivity index (χ3v) is 5.11. The lowest BCUT2D eigenvalue weighted by molar-refractivity contribution is -0.117. The summed E-state index contributed by atoms with van der Waals surface area (Å²) < 4.78 is 11.2. The Morgan fingerprint density at radius 3 is 2.00 bits per heavy atom. The number of anilines is 1. The summed E-state index contributed by atoms with van der Waals surface area (Å²) in [7, 11) is 0. The molecule has 4 rings (SSSR count). The lowest BCUT2D eigenvalue weighted by Gasteiger charge is -2.11. The molecule has 3 N–H and O–H groups in total. The van der Waals surface area contributed by atoms with E-state index in [1.54, 1.807) is 48.5 Å². The van der Waals surface area contributed by atoms with Gasteiger partial charge in [0, 0.05) is 22.7 Å². The molecule has 0 unspecified atom stereocenters. The fraction of sp³-hybridized carbons (Fsp3) is 0.192. The van der Waals surface area contributed by atoms with Gasteiger partial charge in [0.2, 0.25) is 5.91 Å². The molecule has 3 aromatic carbocycles. The van der Waals surface area contributed by atoms with Crippen molar-refractivity contribution in [2.45, 2.75) is 12.8 Å². The van der Waals surface area contributed by atoms with Gasteiger partial charge in [0.25, 0.3) is 11.8 Å². The first-order valence-corrected chi connectivity index (χ1v) is 11.0. The van der Waals surface area contributed by atoms with E-state index >= 15 is 0 Å². The van der Waals surface area contributed by atoms with Gasteiger partial charge in [-0.1, -0.05) is 24.3 Å². The highest BCUT2D eigenvalue weighted by Gasteiger charge is 2.29. The second-order valence-electron chi connectivity index (χ2n) is 7.79. The van der Waals surface area contributed by atoms with Crippen molar-refractivity contribution in [2.75, 3.05) is 18.5 Å². The highest BCUT2D eigenvalue weighted by atomic mass is 16.5. The largest absolute Gasteiger partial charge is 0.490 e. The fourth-order valence-corrected chi connectivity index (χ4v) is 3.12. The van der Waals surface area contributed by atoms with Crippen molar-refractivity contribution in [3.05, 3.63) is 90.0 Å². The molecule has 3 aromatic rings. The summed E-state index contributed by atoms with van der Waals surface area (Å²) >= 11 is 0. The van der Waals surface area contributed by atoms with Crippen LogP contribution in [0.4, 0.5) is 5.69 Å². The Balaban J connectivity index is 1.22. The molecule has 0 radical (unpaired) electrons. The number of hydrazine groups is 1. The number of carbonyl (C=O) groups excluding carboxylic acids is 3. The van der Waals surface area contributed by atoms with Crippen molar-refractivity contribution in [1.29, 1.82) is 0 Å². The third-order valence-electron chi connectivity index (χ3n) is 5.11. The lowest BCUT2D eigenvalue weighted by Crippen LogP contribution is -2.41. The third kappa shape index (κ3) is 6.59. The van der Waals surface area contributed by atoms with Crippen molar-refractivity contribution in [2.24, 2.45) is 5.92 Å². The van der Waals surface area contributed by atoms with Gasteiger partial charge in [0.1, 0.15) is 24.7 Å². The topological polar surface area (TPSA) is 106 Å². The van der Waals surface area contributed by atoms with Gasteiger partial charge in [-0.3, -0.25) is 25.2 Å². The number of benzene rings is 3. The lowest BCUT2D eigenvalue weighted by atomic mass is 10.2. The Bertz CT molecular complexity index is 1140. The molecule has 0 spiro atoms. The maximum atomic E-state index is 12.4. The summed E-state index contributed by atoms with van der Waals surface area (Å²) in [6.07, 6.45) is 1.84. The molecule has 8 nitrogen and oxygen atoms in total. The monoisotopic (exact) mass is 459 g/mol. The van der Waals surface area contributed by atoms with Crippen molar-refractivity contribution in [3.63, 3.8) is 0 Å². The number of ether oxygens (including phenoxy) is 2. The molecule has 3 amide bonds. The summed E-state index contributed by atoms with van der Waals surface area (Å²) in [5.74, 6) is 0.419.